The maximum atomic E-state index is 13.2. The van der Waals surface area contributed by atoms with E-state index >= 15 is 0 Å². The van der Waals surface area contributed by atoms with Gasteiger partial charge in [-0.15, -0.1) is 0 Å². The molecular formula is C27H26Cl2N2O2. The molecule has 3 aromatic carbocycles. The van der Waals surface area contributed by atoms with Crippen LogP contribution in [-0.4, -0.2) is 16.2 Å². The summed E-state index contributed by atoms with van der Waals surface area (Å²) in [7, 11) is 0. The van der Waals surface area contributed by atoms with Gasteiger partial charge in [0.25, 0.3) is 5.56 Å². The van der Waals surface area contributed by atoms with Crippen molar-refractivity contribution in [1.82, 2.24) is 9.55 Å². The van der Waals surface area contributed by atoms with E-state index in [9.17, 15) is 4.79 Å². The highest BCUT2D eigenvalue weighted by atomic mass is 35.5. The van der Waals surface area contributed by atoms with Gasteiger partial charge in [0.1, 0.15) is 11.6 Å². The minimum absolute atomic E-state index is 0.0110. The summed E-state index contributed by atoms with van der Waals surface area (Å²) in [6.45, 7) is 3.23. The summed E-state index contributed by atoms with van der Waals surface area (Å²) in [4.78, 5) is 18.0. The Morgan fingerprint density at radius 2 is 1.64 bits per heavy atom. The summed E-state index contributed by atoms with van der Waals surface area (Å²) < 4.78 is 7.67. The number of nitrogens with zero attached hydrogens (tertiary/aromatic N) is 2. The highest BCUT2D eigenvalue weighted by Crippen LogP contribution is 2.28. The Balaban J connectivity index is 1.40. The van der Waals surface area contributed by atoms with Crippen LogP contribution >= 0.6 is 23.2 Å². The SMILES string of the molecule is Cc1cccc(Cl)c1OCCCCCCn1c(-c2ccc(Cl)cc2)nc2ccccc2c1=O. The number of unbranched alkanes of at least 4 members (excludes halogenated alkanes) is 3. The first-order valence-electron chi connectivity index (χ1n) is 11.2. The molecule has 4 aromatic rings. The van der Waals surface area contributed by atoms with E-state index in [-0.39, 0.29) is 5.56 Å². The number of rotatable bonds is 9. The zero-order valence-electron chi connectivity index (χ0n) is 18.6. The Morgan fingerprint density at radius 1 is 0.879 bits per heavy atom. The summed E-state index contributed by atoms with van der Waals surface area (Å²) in [5, 5.41) is 1.94. The third-order valence-corrected chi connectivity index (χ3v) is 6.20. The maximum absolute atomic E-state index is 13.2. The van der Waals surface area contributed by atoms with Crippen LogP contribution in [0.2, 0.25) is 10.0 Å². The largest absolute Gasteiger partial charge is 0.492 e. The third-order valence-electron chi connectivity index (χ3n) is 5.65. The monoisotopic (exact) mass is 480 g/mol. The fraction of sp³-hybridized carbons (Fsp3) is 0.259. The van der Waals surface area contributed by atoms with E-state index in [0.29, 0.717) is 39.9 Å². The molecule has 170 valence electrons. The first kappa shape index (κ1) is 23.3. The van der Waals surface area contributed by atoms with Crippen LogP contribution in [0.3, 0.4) is 0 Å². The van der Waals surface area contributed by atoms with Gasteiger partial charge in [-0.05, 0) is 67.8 Å². The van der Waals surface area contributed by atoms with E-state index in [1.165, 1.54) is 0 Å². The molecule has 0 aliphatic heterocycles. The zero-order valence-corrected chi connectivity index (χ0v) is 20.1. The van der Waals surface area contributed by atoms with Gasteiger partial charge in [-0.25, -0.2) is 4.98 Å². The normalized spacial score (nSPS) is 11.1. The van der Waals surface area contributed by atoms with E-state index < -0.39 is 0 Å². The van der Waals surface area contributed by atoms with Crippen molar-refractivity contribution in [3.05, 3.63) is 92.7 Å². The van der Waals surface area contributed by atoms with Crippen molar-refractivity contribution >= 4 is 34.1 Å². The molecule has 0 atom stereocenters. The number of para-hydroxylation sites is 2. The molecule has 1 aromatic heterocycles. The van der Waals surface area contributed by atoms with E-state index in [1.54, 1.807) is 4.57 Å². The molecule has 0 aliphatic carbocycles. The summed E-state index contributed by atoms with van der Waals surface area (Å²) in [6.07, 6.45) is 3.81. The fourth-order valence-electron chi connectivity index (χ4n) is 3.89. The van der Waals surface area contributed by atoms with Gasteiger partial charge in [-0.2, -0.15) is 0 Å². The van der Waals surface area contributed by atoms with Gasteiger partial charge in [0.15, 0.2) is 0 Å². The second kappa shape index (κ2) is 10.9. The van der Waals surface area contributed by atoms with Crippen molar-refractivity contribution in [2.75, 3.05) is 6.61 Å². The summed E-state index contributed by atoms with van der Waals surface area (Å²) in [5.74, 6) is 1.44. The molecule has 0 spiro atoms. The lowest BCUT2D eigenvalue weighted by atomic mass is 10.1. The summed E-state index contributed by atoms with van der Waals surface area (Å²) >= 11 is 12.3. The molecule has 0 saturated heterocycles. The number of hydrogen-bond donors (Lipinski definition) is 0. The van der Waals surface area contributed by atoms with Crippen LogP contribution in [0.4, 0.5) is 0 Å². The number of benzene rings is 3. The molecule has 4 rings (SSSR count). The Bertz CT molecular complexity index is 1280. The molecule has 1 heterocycles. The number of hydrogen-bond acceptors (Lipinski definition) is 3. The topological polar surface area (TPSA) is 44.1 Å². The van der Waals surface area contributed by atoms with Crippen LogP contribution in [0.25, 0.3) is 22.3 Å². The molecule has 0 N–H and O–H groups in total. The molecule has 0 bridgehead atoms. The lowest BCUT2D eigenvalue weighted by molar-refractivity contribution is 0.302. The van der Waals surface area contributed by atoms with E-state index in [4.69, 9.17) is 32.9 Å². The second-order valence-corrected chi connectivity index (χ2v) is 8.91. The van der Waals surface area contributed by atoms with Crippen LogP contribution in [0.1, 0.15) is 31.2 Å². The predicted octanol–water partition coefficient (Wildman–Crippen LogP) is 7.32. The smallest absolute Gasteiger partial charge is 0.261 e. The highest BCUT2D eigenvalue weighted by molar-refractivity contribution is 6.32. The molecule has 0 unspecified atom stereocenters. The summed E-state index contributed by atoms with van der Waals surface area (Å²) in [6, 6.07) is 20.7. The Morgan fingerprint density at radius 3 is 2.42 bits per heavy atom. The first-order chi connectivity index (χ1) is 16.0. The van der Waals surface area contributed by atoms with Gasteiger partial charge >= 0.3 is 0 Å². The highest BCUT2D eigenvalue weighted by Gasteiger charge is 2.12. The Kier molecular flexibility index (Phi) is 7.69. The summed E-state index contributed by atoms with van der Waals surface area (Å²) in [5.41, 5.74) is 2.62. The van der Waals surface area contributed by atoms with Crippen molar-refractivity contribution < 1.29 is 4.74 Å². The van der Waals surface area contributed by atoms with Gasteiger partial charge < -0.3 is 4.74 Å². The van der Waals surface area contributed by atoms with Gasteiger partial charge in [0.2, 0.25) is 0 Å². The second-order valence-electron chi connectivity index (χ2n) is 8.06. The zero-order chi connectivity index (χ0) is 23.2. The van der Waals surface area contributed by atoms with Gasteiger partial charge in [-0.3, -0.25) is 9.36 Å². The van der Waals surface area contributed by atoms with Crippen LogP contribution in [-0.2, 0) is 6.54 Å². The van der Waals surface area contributed by atoms with Crippen LogP contribution < -0.4 is 10.3 Å². The number of ether oxygens (including phenoxy) is 1. The average molecular weight is 481 g/mol. The molecule has 0 radical (unpaired) electrons. The first-order valence-corrected chi connectivity index (χ1v) is 11.9. The molecule has 0 fully saturated rings. The minimum atomic E-state index is -0.0110. The number of fused-ring (bicyclic) bond motifs is 1. The van der Waals surface area contributed by atoms with E-state index in [0.717, 1.165) is 42.6 Å². The number of aryl methyl sites for hydroxylation is 1. The third kappa shape index (κ3) is 5.58. The Labute approximate surface area is 203 Å². The van der Waals surface area contributed by atoms with Crippen molar-refractivity contribution in [3.63, 3.8) is 0 Å². The fourth-order valence-corrected chi connectivity index (χ4v) is 4.30. The van der Waals surface area contributed by atoms with Crippen LogP contribution in [0.15, 0.2) is 71.5 Å². The molecule has 33 heavy (non-hydrogen) atoms. The lowest BCUT2D eigenvalue weighted by Crippen LogP contribution is -2.23. The van der Waals surface area contributed by atoms with Crippen molar-refractivity contribution in [3.8, 4) is 17.1 Å². The standard InChI is InChI=1S/C27H26Cl2N2O2/c1-19-9-8-11-23(29)25(19)33-18-7-3-2-6-17-31-26(20-13-15-21(28)16-14-20)30-24-12-5-4-10-22(24)27(31)32/h4-5,8-16H,2-3,6-7,17-18H2,1H3. The molecule has 0 aliphatic rings. The molecule has 0 saturated carbocycles. The quantitative estimate of drug-likeness (QED) is 0.235. The van der Waals surface area contributed by atoms with Crippen LogP contribution in [0, 0.1) is 6.92 Å². The van der Waals surface area contributed by atoms with Crippen molar-refractivity contribution in [1.29, 1.82) is 0 Å². The maximum Gasteiger partial charge on any atom is 0.261 e. The predicted molar refractivity (Wildman–Crippen MR) is 137 cm³/mol. The van der Waals surface area contributed by atoms with Gasteiger partial charge in [0.05, 0.1) is 22.5 Å². The number of aromatic nitrogens is 2. The molecule has 0 amide bonds. The van der Waals surface area contributed by atoms with Crippen LogP contribution in [0.5, 0.6) is 5.75 Å². The van der Waals surface area contributed by atoms with Crippen molar-refractivity contribution in [2.45, 2.75) is 39.2 Å². The molecule has 4 nitrogen and oxygen atoms in total. The number of halogens is 2. The van der Waals surface area contributed by atoms with Gasteiger partial charge in [0, 0.05) is 17.1 Å². The van der Waals surface area contributed by atoms with Crippen molar-refractivity contribution in [2.24, 2.45) is 0 Å². The minimum Gasteiger partial charge on any atom is -0.492 e. The van der Waals surface area contributed by atoms with Gasteiger partial charge in [-0.1, -0.05) is 60.3 Å². The lowest BCUT2D eigenvalue weighted by Gasteiger charge is -2.14. The average Bonchev–Trinajstić information content (AvgIpc) is 2.81. The Hall–Kier alpha value is -2.82. The molecular weight excluding hydrogens is 455 g/mol. The molecule has 6 heteroatoms. The van der Waals surface area contributed by atoms with E-state index in [2.05, 4.69) is 0 Å². The van der Waals surface area contributed by atoms with E-state index in [1.807, 2.05) is 73.7 Å².